The maximum Gasteiger partial charge on any atom is 0.338 e. The summed E-state index contributed by atoms with van der Waals surface area (Å²) < 4.78 is 4.92. The number of hydrogen-bond donors (Lipinski definition) is 0. The van der Waals surface area contributed by atoms with Crippen molar-refractivity contribution in [3.8, 4) is 0 Å². The van der Waals surface area contributed by atoms with Gasteiger partial charge in [-0.3, -0.25) is 4.79 Å². The Balaban J connectivity index is 3.03. The summed E-state index contributed by atoms with van der Waals surface area (Å²) >= 11 is 6.99. The molecule has 0 atom stereocenters. The Morgan fingerprint density at radius 2 is 2.11 bits per heavy atom. The highest BCUT2D eigenvalue weighted by molar-refractivity contribution is 7.98. The summed E-state index contributed by atoms with van der Waals surface area (Å²) in [6.07, 6.45) is 2.16. The van der Waals surface area contributed by atoms with E-state index in [0.29, 0.717) is 30.0 Å². The molecule has 0 unspecified atom stereocenters. The summed E-state index contributed by atoms with van der Waals surface area (Å²) in [6, 6.07) is 4.95. The first-order valence-corrected chi connectivity index (χ1v) is 7.34. The van der Waals surface area contributed by atoms with Crippen molar-refractivity contribution in [2.75, 3.05) is 18.7 Å². The highest BCUT2D eigenvalue weighted by Crippen LogP contribution is 2.24. The van der Waals surface area contributed by atoms with Gasteiger partial charge in [-0.2, -0.15) is 0 Å². The molecule has 0 N–H and O–H groups in total. The van der Waals surface area contributed by atoms with Crippen LogP contribution in [-0.2, 0) is 4.74 Å². The lowest BCUT2D eigenvalue weighted by atomic mass is 10.1. The number of alkyl halides is 1. The van der Waals surface area contributed by atoms with Gasteiger partial charge >= 0.3 is 5.97 Å². The number of benzene rings is 1. The van der Waals surface area contributed by atoms with Crippen LogP contribution in [0.15, 0.2) is 23.1 Å². The fourth-order valence-electron chi connectivity index (χ4n) is 1.48. The van der Waals surface area contributed by atoms with E-state index in [1.807, 2.05) is 6.26 Å². The van der Waals surface area contributed by atoms with Crippen molar-refractivity contribution in [2.45, 2.75) is 18.2 Å². The smallest absolute Gasteiger partial charge is 0.338 e. The zero-order valence-electron chi connectivity index (χ0n) is 10.4. The average molecular weight is 287 g/mol. The first-order valence-electron chi connectivity index (χ1n) is 5.58. The van der Waals surface area contributed by atoms with Crippen molar-refractivity contribution in [3.63, 3.8) is 0 Å². The summed E-state index contributed by atoms with van der Waals surface area (Å²) in [5.41, 5.74) is 1.07. The molecule has 1 aromatic rings. The van der Waals surface area contributed by atoms with Crippen molar-refractivity contribution in [3.05, 3.63) is 29.3 Å². The van der Waals surface area contributed by atoms with Gasteiger partial charge in [0.2, 0.25) is 0 Å². The van der Waals surface area contributed by atoms with Crippen LogP contribution in [0.1, 0.15) is 34.1 Å². The molecule has 18 heavy (non-hydrogen) atoms. The van der Waals surface area contributed by atoms with Crippen LogP contribution in [0.2, 0.25) is 0 Å². The van der Waals surface area contributed by atoms with Crippen LogP contribution in [-0.4, -0.2) is 30.5 Å². The summed E-state index contributed by atoms with van der Waals surface area (Å²) in [7, 11) is 0. The molecular weight excluding hydrogens is 272 g/mol. The topological polar surface area (TPSA) is 43.4 Å². The van der Waals surface area contributed by atoms with E-state index in [0.717, 1.165) is 4.90 Å². The number of ketones is 1. The van der Waals surface area contributed by atoms with Crippen LogP contribution < -0.4 is 0 Å². The molecule has 0 saturated carbocycles. The van der Waals surface area contributed by atoms with E-state index in [2.05, 4.69) is 0 Å². The van der Waals surface area contributed by atoms with Crippen LogP contribution in [0.25, 0.3) is 0 Å². The van der Waals surface area contributed by atoms with Gasteiger partial charge in [-0.05, 0) is 31.4 Å². The van der Waals surface area contributed by atoms with Crippen LogP contribution in [0, 0.1) is 0 Å². The van der Waals surface area contributed by atoms with E-state index in [1.54, 1.807) is 25.1 Å². The number of halogens is 1. The van der Waals surface area contributed by atoms with Crippen molar-refractivity contribution in [1.82, 2.24) is 0 Å². The number of carbonyl (C=O) groups excluding carboxylic acids is 2. The lowest BCUT2D eigenvalue weighted by Crippen LogP contribution is -2.07. The number of carbonyl (C=O) groups is 2. The Labute approximate surface area is 116 Å². The largest absolute Gasteiger partial charge is 0.462 e. The quantitative estimate of drug-likeness (QED) is 0.348. The molecule has 0 aliphatic rings. The van der Waals surface area contributed by atoms with E-state index >= 15 is 0 Å². The lowest BCUT2D eigenvalue weighted by Gasteiger charge is -2.08. The van der Waals surface area contributed by atoms with Gasteiger partial charge in [-0.25, -0.2) is 4.79 Å². The Morgan fingerprint density at radius 1 is 1.39 bits per heavy atom. The number of thioether (sulfide) groups is 1. The molecule has 0 spiro atoms. The monoisotopic (exact) mass is 286 g/mol. The summed E-state index contributed by atoms with van der Waals surface area (Å²) in [5, 5.41) is 0. The molecule has 1 rings (SSSR count). The normalized spacial score (nSPS) is 10.2. The number of Topliss-reactive ketones (excluding diaryl/α,β-unsaturated/α-hetero) is 1. The van der Waals surface area contributed by atoms with Gasteiger partial charge in [-0.1, -0.05) is 0 Å². The second-order valence-electron chi connectivity index (χ2n) is 3.50. The third-order valence-corrected chi connectivity index (χ3v) is 3.30. The second-order valence-corrected chi connectivity index (χ2v) is 4.72. The third kappa shape index (κ3) is 3.75. The highest BCUT2D eigenvalue weighted by atomic mass is 35.5. The van der Waals surface area contributed by atoms with Crippen LogP contribution >= 0.6 is 23.4 Å². The second kappa shape index (κ2) is 7.44. The standard InChI is InChI=1S/C13H15ClO3S/c1-3-17-13(16)9-4-5-10(11(15)6-7-14)12(8-9)18-2/h4-5,8H,3,6-7H2,1-2H3. The van der Waals surface area contributed by atoms with Gasteiger partial charge < -0.3 is 4.74 Å². The Hall–Kier alpha value is -1.00. The predicted octanol–water partition coefficient (Wildman–Crippen LogP) is 3.40. The number of rotatable bonds is 6. The van der Waals surface area contributed by atoms with E-state index in [-0.39, 0.29) is 11.8 Å². The molecule has 98 valence electrons. The minimum atomic E-state index is -0.371. The van der Waals surface area contributed by atoms with Crippen molar-refractivity contribution >= 4 is 35.1 Å². The first kappa shape index (κ1) is 15.1. The minimum Gasteiger partial charge on any atom is -0.462 e. The molecule has 0 radical (unpaired) electrons. The molecule has 5 heteroatoms. The molecule has 0 saturated heterocycles. The fraction of sp³-hybridized carbons (Fsp3) is 0.385. The zero-order chi connectivity index (χ0) is 13.5. The van der Waals surface area contributed by atoms with Crippen molar-refractivity contribution in [2.24, 2.45) is 0 Å². The van der Waals surface area contributed by atoms with Gasteiger partial charge in [0.05, 0.1) is 12.2 Å². The van der Waals surface area contributed by atoms with Gasteiger partial charge in [0.1, 0.15) is 0 Å². The van der Waals surface area contributed by atoms with Gasteiger partial charge in [0, 0.05) is 22.8 Å². The third-order valence-electron chi connectivity index (χ3n) is 2.33. The average Bonchev–Trinajstić information content (AvgIpc) is 2.38. The predicted molar refractivity (Wildman–Crippen MR) is 73.8 cm³/mol. The van der Waals surface area contributed by atoms with Crippen LogP contribution in [0.5, 0.6) is 0 Å². The fourth-order valence-corrected chi connectivity index (χ4v) is 2.30. The van der Waals surface area contributed by atoms with Crippen molar-refractivity contribution in [1.29, 1.82) is 0 Å². The molecule has 0 aliphatic heterocycles. The molecule has 0 aliphatic carbocycles. The molecule has 1 aromatic carbocycles. The lowest BCUT2D eigenvalue weighted by molar-refractivity contribution is 0.0525. The molecule has 3 nitrogen and oxygen atoms in total. The van der Waals surface area contributed by atoms with E-state index in [4.69, 9.17) is 16.3 Å². The molecule has 0 amide bonds. The molecule has 0 fully saturated rings. The maximum absolute atomic E-state index is 11.8. The van der Waals surface area contributed by atoms with Gasteiger partial charge in [-0.15, -0.1) is 23.4 Å². The SMILES string of the molecule is CCOC(=O)c1ccc(C(=O)CCCl)c(SC)c1. The van der Waals surface area contributed by atoms with Gasteiger partial charge in [0.15, 0.2) is 5.78 Å². The van der Waals surface area contributed by atoms with Crippen molar-refractivity contribution < 1.29 is 14.3 Å². The van der Waals surface area contributed by atoms with E-state index in [9.17, 15) is 9.59 Å². The Morgan fingerprint density at radius 3 is 2.67 bits per heavy atom. The molecular formula is C13H15ClO3S. The molecule has 0 aromatic heterocycles. The maximum atomic E-state index is 11.8. The Bertz CT molecular complexity index is 446. The van der Waals surface area contributed by atoms with E-state index in [1.165, 1.54) is 11.8 Å². The summed E-state index contributed by atoms with van der Waals surface area (Å²) in [4.78, 5) is 24.2. The molecule has 0 bridgehead atoms. The minimum absolute atomic E-state index is 0.00948. The Kier molecular flexibility index (Phi) is 6.22. The number of hydrogen-bond acceptors (Lipinski definition) is 4. The number of ether oxygens (including phenoxy) is 1. The molecule has 0 heterocycles. The van der Waals surface area contributed by atoms with Crippen LogP contribution in [0.4, 0.5) is 0 Å². The summed E-state index contributed by atoms with van der Waals surface area (Å²) in [5.74, 6) is -0.0827. The van der Waals surface area contributed by atoms with Gasteiger partial charge in [0.25, 0.3) is 0 Å². The highest BCUT2D eigenvalue weighted by Gasteiger charge is 2.14. The summed E-state index contributed by atoms with van der Waals surface area (Å²) in [6.45, 7) is 2.09. The van der Waals surface area contributed by atoms with Crippen LogP contribution in [0.3, 0.4) is 0 Å². The van der Waals surface area contributed by atoms with E-state index < -0.39 is 0 Å². The number of esters is 1. The first-order chi connectivity index (χ1) is 8.63. The zero-order valence-corrected chi connectivity index (χ0v) is 11.9.